The molecule has 1 amide bonds. The fraction of sp³-hybridized carbons (Fsp3) is 0.429. The number of hydrogen-bond donors (Lipinski definition) is 1. The lowest BCUT2D eigenvalue weighted by atomic mass is 10.1. The predicted octanol–water partition coefficient (Wildman–Crippen LogP) is 0.474. The van der Waals surface area contributed by atoms with Crippen molar-refractivity contribution in [1.82, 2.24) is 0 Å². The number of fused-ring (bicyclic) bond motifs is 1. The summed E-state index contributed by atoms with van der Waals surface area (Å²) >= 11 is 0. The average molecular weight is 295 g/mol. The van der Waals surface area contributed by atoms with Crippen LogP contribution in [0.15, 0.2) is 12.1 Å². The zero-order valence-electron chi connectivity index (χ0n) is 12.1. The van der Waals surface area contributed by atoms with Gasteiger partial charge in [0.2, 0.25) is 0 Å². The molecule has 1 heterocycles. The van der Waals surface area contributed by atoms with E-state index < -0.39 is 12.1 Å². The van der Waals surface area contributed by atoms with Crippen LogP contribution >= 0.6 is 0 Å². The number of rotatable bonds is 4. The molecule has 1 N–H and O–H groups in total. The molecule has 0 saturated heterocycles. The highest BCUT2D eigenvalue weighted by Gasteiger charge is 2.35. The molecule has 0 radical (unpaired) electrons. The lowest BCUT2D eigenvalue weighted by molar-refractivity contribution is -0.140. The van der Waals surface area contributed by atoms with Gasteiger partial charge in [0.25, 0.3) is 5.91 Å². The fourth-order valence-corrected chi connectivity index (χ4v) is 2.13. The van der Waals surface area contributed by atoms with E-state index in [2.05, 4.69) is 4.74 Å². The molecule has 114 valence electrons. The predicted molar refractivity (Wildman–Crippen MR) is 73.4 cm³/mol. The maximum atomic E-state index is 12.2. The van der Waals surface area contributed by atoms with Crippen molar-refractivity contribution in [1.29, 1.82) is 0 Å². The molecule has 1 aliphatic rings. The number of aliphatic hydroxyl groups excluding tert-OH is 1. The van der Waals surface area contributed by atoms with E-state index in [1.54, 1.807) is 19.1 Å². The van der Waals surface area contributed by atoms with Gasteiger partial charge < -0.3 is 19.3 Å². The van der Waals surface area contributed by atoms with Crippen LogP contribution in [0.3, 0.4) is 0 Å². The van der Waals surface area contributed by atoms with Crippen LogP contribution < -0.4 is 14.4 Å². The van der Waals surface area contributed by atoms with Crippen LogP contribution in [0, 0.1) is 0 Å². The molecule has 1 unspecified atom stereocenters. The highest BCUT2D eigenvalue weighted by molar-refractivity contribution is 6.03. The number of amides is 1. The Morgan fingerprint density at radius 2 is 2.14 bits per heavy atom. The van der Waals surface area contributed by atoms with Crippen LogP contribution in [0.25, 0.3) is 0 Å². The Morgan fingerprint density at radius 3 is 2.71 bits per heavy atom. The van der Waals surface area contributed by atoms with Gasteiger partial charge in [0.15, 0.2) is 17.6 Å². The van der Waals surface area contributed by atoms with Gasteiger partial charge in [-0.15, -0.1) is 0 Å². The molecule has 2 rings (SSSR count). The minimum absolute atomic E-state index is 0.223. The Kier molecular flexibility index (Phi) is 4.32. The summed E-state index contributed by atoms with van der Waals surface area (Å²) in [7, 11) is 2.72. The fourth-order valence-electron chi connectivity index (χ4n) is 2.13. The molecular formula is C14H17NO6. The lowest BCUT2D eigenvalue weighted by Gasteiger charge is -2.33. The highest BCUT2D eigenvalue weighted by atomic mass is 16.5. The third-order valence-electron chi connectivity index (χ3n) is 3.21. The normalized spacial score (nSPS) is 17.0. The van der Waals surface area contributed by atoms with E-state index in [1.165, 1.54) is 19.1 Å². The van der Waals surface area contributed by atoms with Gasteiger partial charge in [-0.25, -0.2) is 0 Å². The molecule has 7 heteroatoms. The van der Waals surface area contributed by atoms with Crippen molar-refractivity contribution < 1.29 is 28.9 Å². The zero-order chi connectivity index (χ0) is 15.6. The van der Waals surface area contributed by atoms with Crippen LogP contribution in [0.5, 0.6) is 11.5 Å². The molecule has 21 heavy (non-hydrogen) atoms. The molecule has 7 nitrogen and oxygen atoms in total. The molecule has 1 atom stereocenters. The molecule has 0 saturated carbocycles. The summed E-state index contributed by atoms with van der Waals surface area (Å²) in [6.45, 7) is 1.14. The summed E-state index contributed by atoms with van der Waals surface area (Å²) in [6.07, 6.45) is -0.740. The Bertz CT molecular complexity index is 571. The smallest absolute Gasteiger partial charge is 0.325 e. The summed E-state index contributed by atoms with van der Waals surface area (Å²) in [5.74, 6) is -0.140. The van der Waals surface area contributed by atoms with Gasteiger partial charge in [0.05, 0.1) is 26.5 Å². The summed E-state index contributed by atoms with van der Waals surface area (Å²) < 4.78 is 15.4. The number of ether oxygens (including phenoxy) is 3. The van der Waals surface area contributed by atoms with Gasteiger partial charge in [0.1, 0.15) is 6.54 Å². The van der Waals surface area contributed by atoms with Crippen LogP contribution in [0.1, 0.15) is 12.5 Å². The number of nitrogens with zero attached hydrogens (tertiary/aromatic N) is 1. The molecule has 1 aromatic rings. The van der Waals surface area contributed by atoms with Crippen molar-refractivity contribution in [2.75, 3.05) is 25.7 Å². The third kappa shape index (κ3) is 2.78. The highest BCUT2D eigenvalue weighted by Crippen LogP contribution is 2.42. The minimum Gasteiger partial charge on any atom is -0.493 e. The van der Waals surface area contributed by atoms with E-state index in [9.17, 15) is 14.7 Å². The Labute approximate surface area is 122 Å². The van der Waals surface area contributed by atoms with Crippen LogP contribution in [0.2, 0.25) is 0 Å². The van der Waals surface area contributed by atoms with Gasteiger partial charge in [-0.3, -0.25) is 14.5 Å². The first kappa shape index (κ1) is 15.1. The van der Waals surface area contributed by atoms with E-state index >= 15 is 0 Å². The topological polar surface area (TPSA) is 85.3 Å². The maximum absolute atomic E-state index is 12.2. The van der Waals surface area contributed by atoms with Gasteiger partial charge in [-0.2, -0.15) is 0 Å². The van der Waals surface area contributed by atoms with Crippen LogP contribution in [0.4, 0.5) is 5.69 Å². The van der Waals surface area contributed by atoms with Crippen molar-refractivity contribution in [3.8, 4) is 11.5 Å². The molecule has 0 bridgehead atoms. The number of methoxy groups -OCH3 is 2. The Hall–Kier alpha value is -2.28. The number of esters is 1. The number of carbonyl (C=O) groups is 2. The standard InChI is InChI=1S/C14H17NO6/c1-8-14(18)15(6-12(17)20-3)10-4-9(7-16)5-11(19-2)13(10)21-8/h4-5,8,16H,6-7H2,1-3H3. The number of anilines is 1. The van der Waals surface area contributed by atoms with Crippen molar-refractivity contribution in [3.63, 3.8) is 0 Å². The molecule has 1 aromatic carbocycles. The Balaban J connectivity index is 2.53. The molecule has 0 fully saturated rings. The van der Waals surface area contributed by atoms with E-state index in [0.717, 1.165) is 0 Å². The van der Waals surface area contributed by atoms with Gasteiger partial charge in [-0.1, -0.05) is 0 Å². The first-order valence-corrected chi connectivity index (χ1v) is 6.38. The second kappa shape index (κ2) is 6.01. The van der Waals surface area contributed by atoms with E-state index in [0.29, 0.717) is 22.7 Å². The molecule has 0 aromatic heterocycles. The molecule has 1 aliphatic heterocycles. The van der Waals surface area contributed by atoms with Gasteiger partial charge >= 0.3 is 5.97 Å². The van der Waals surface area contributed by atoms with Crippen molar-refractivity contribution in [2.45, 2.75) is 19.6 Å². The molecule has 0 spiro atoms. The van der Waals surface area contributed by atoms with E-state index in [4.69, 9.17) is 9.47 Å². The number of carbonyl (C=O) groups excluding carboxylic acids is 2. The second-order valence-corrected chi connectivity index (χ2v) is 4.57. The zero-order valence-corrected chi connectivity index (χ0v) is 12.1. The Morgan fingerprint density at radius 1 is 1.43 bits per heavy atom. The average Bonchev–Trinajstić information content (AvgIpc) is 2.50. The third-order valence-corrected chi connectivity index (χ3v) is 3.21. The second-order valence-electron chi connectivity index (χ2n) is 4.57. The van der Waals surface area contributed by atoms with Crippen molar-refractivity contribution >= 4 is 17.6 Å². The molecular weight excluding hydrogens is 278 g/mol. The first-order valence-electron chi connectivity index (χ1n) is 6.38. The maximum Gasteiger partial charge on any atom is 0.325 e. The van der Waals surface area contributed by atoms with Gasteiger partial charge in [-0.05, 0) is 24.6 Å². The van der Waals surface area contributed by atoms with E-state index in [-0.39, 0.29) is 19.1 Å². The minimum atomic E-state index is -0.740. The summed E-state index contributed by atoms with van der Waals surface area (Å²) in [4.78, 5) is 25.0. The number of aliphatic hydroxyl groups is 1. The SMILES string of the molecule is COC(=O)CN1C(=O)C(C)Oc2c(OC)cc(CO)cc21. The molecule has 0 aliphatic carbocycles. The van der Waals surface area contributed by atoms with E-state index in [1.807, 2.05) is 0 Å². The number of hydrogen-bond acceptors (Lipinski definition) is 6. The first-order chi connectivity index (χ1) is 10.0. The van der Waals surface area contributed by atoms with Crippen LogP contribution in [-0.4, -0.2) is 43.9 Å². The largest absolute Gasteiger partial charge is 0.493 e. The van der Waals surface area contributed by atoms with Crippen LogP contribution in [-0.2, 0) is 20.9 Å². The van der Waals surface area contributed by atoms with Gasteiger partial charge in [0, 0.05) is 0 Å². The lowest BCUT2D eigenvalue weighted by Crippen LogP contribution is -2.47. The van der Waals surface area contributed by atoms with Crippen molar-refractivity contribution in [3.05, 3.63) is 17.7 Å². The summed E-state index contributed by atoms with van der Waals surface area (Å²) in [5, 5.41) is 9.30. The summed E-state index contributed by atoms with van der Waals surface area (Å²) in [5.41, 5.74) is 0.929. The number of benzene rings is 1. The summed E-state index contributed by atoms with van der Waals surface area (Å²) in [6, 6.07) is 3.21. The quantitative estimate of drug-likeness (QED) is 0.813. The van der Waals surface area contributed by atoms with Crippen molar-refractivity contribution in [2.24, 2.45) is 0 Å². The monoisotopic (exact) mass is 295 g/mol.